The molecular weight excluding hydrogens is 342 g/mol. The fourth-order valence-electron chi connectivity index (χ4n) is 4.10. The summed E-state index contributed by atoms with van der Waals surface area (Å²) in [5, 5.41) is 15.8. The fourth-order valence-corrected chi connectivity index (χ4v) is 4.10. The smallest absolute Gasteiger partial charge is 0.237 e. The highest BCUT2D eigenvalue weighted by Crippen LogP contribution is 2.25. The molecule has 1 aliphatic heterocycles. The molecule has 2 amide bonds. The first kappa shape index (κ1) is 19.7. The Morgan fingerprint density at radius 1 is 1.07 bits per heavy atom. The van der Waals surface area contributed by atoms with Crippen LogP contribution in [0.15, 0.2) is 24.3 Å². The fraction of sp³-hybridized carbons (Fsp3) is 0.619. The molecule has 0 spiro atoms. The topological polar surface area (TPSA) is 81.7 Å². The minimum atomic E-state index is -0.158. The van der Waals surface area contributed by atoms with Crippen molar-refractivity contribution >= 4 is 17.5 Å². The number of para-hydroxylation sites is 2. The monoisotopic (exact) mass is 373 g/mol. The molecule has 1 atom stereocenters. The highest BCUT2D eigenvalue weighted by Gasteiger charge is 2.30. The molecule has 1 aliphatic carbocycles. The molecule has 27 heavy (non-hydrogen) atoms. The molecule has 1 aromatic carbocycles. The van der Waals surface area contributed by atoms with Crippen LogP contribution in [0.2, 0.25) is 0 Å². The summed E-state index contributed by atoms with van der Waals surface area (Å²) < 4.78 is 0. The average Bonchev–Trinajstić information content (AvgIpc) is 2.70. The maximum Gasteiger partial charge on any atom is 0.237 e. The van der Waals surface area contributed by atoms with E-state index in [1.54, 1.807) is 24.3 Å². The second-order valence-corrected chi connectivity index (χ2v) is 7.84. The number of likely N-dealkylation sites (tertiary alicyclic amines) is 1. The van der Waals surface area contributed by atoms with E-state index in [9.17, 15) is 14.7 Å². The van der Waals surface area contributed by atoms with Gasteiger partial charge in [0.2, 0.25) is 11.8 Å². The number of benzene rings is 1. The summed E-state index contributed by atoms with van der Waals surface area (Å²) in [6, 6.07) is 6.93. The zero-order valence-electron chi connectivity index (χ0n) is 16.1. The van der Waals surface area contributed by atoms with Gasteiger partial charge in [0.1, 0.15) is 5.75 Å². The van der Waals surface area contributed by atoms with Gasteiger partial charge >= 0.3 is 0 Å². The van der Waals surface area contributed by atoms with Gasteiger partial charge in [0.15, 0.2) is 0 Å². The van der Waals surface area contributed by atoms with E-state index in [-0.39, 0.29) is 29.5 Å². The van der Waals surface area contributed by atoms with Crippen molar-refractivity contribution in [2.75, 3.05) is 18.4 Å². The maximum absolute atomic E-state index is 12.5. The first-order chi connectivity index (χ1) is 13.0. The minimum Gasteiger partial charge on any atom is -0.506 e. The van der Waals surface area contributed by atoms with Crippen LogP contribution in [0, 0.1) is 5.92 Å². The Labute approximate surface area is 161 Å². The standard InChI is InChI=1S/C21H31N3O3/c1-15(20(26)22-17-7-3-2-4-8-17)24-13-11-16(12-14-24)21(27)23-18-9-5-6-10-19(18)25/h5-6,9-10,15-17,25H,2-4,7-8,11-14H2,1H3,(H,22,26)(H,23,27)/t15-/m1/s1. The van der Waals surface area contributed by atoms with E-state index < -0.39 is 0 Å². The third-order valence-electron chi connectivity index (χ3n) is 5.94. The number of carbonyl (C=O) groups is 2. The summed E-state index contributed by atoms with van der Waals surface area (Å²) in [5.74, 6) is 0.0419. The van der Waals surface area contributed by atoms with Crippen molar-refractivity contribution in [3.8, 4) is 5.75 Å². The van der Waals surface area contributed by atoms with Gasteiger partial charge in [-0.3, -0.25) is 14.5 Å². The van der Waals surface area contributed by atoms with Crippen LogP contribution < -0.4 is 10.6 Å². The Hall–Kier alpha value is -2.08. The largest absolute Gasteiger partial charge is 0.506 e. The Bertz CT molecular complexity index is 650. The van der Waals surface area contributed by atoms with Crippen LogP contribution in [0.25, 0.3) is 0 Å². The van der Waals surface area contributed by atoms with Crippen LogP contribution in [0.4, 0.5) is 5.69 Å². The zero-order valence-corrected chi connectivity index (χ0v) is 16.1. The number of carbonyl (C=O) groups excluding carboxylic acids is 2. The predicted octanol–water partition coefficient (Wildman–Crippen LogP) is 2.88. The van der Waals surface area contributed by atoms with Crippen LogP contribution in [0.1, 0.15) is 51.9 Å². The molecule has 6 heteroatoms. The van der Waals surface area contributed by atoms with Crippen LogP contribution in [0.5, 0.6) is 5.75 Å². The summed E-state index contributed by atoms with van der Waals surface area (Å²) in [7, 11) is 0. The lowest BCUT2D eigenvalue weighted by Crippen LogP contribution is -2.51. The number of hydrogen-bond acceptors (Lipinski definition) is 4. The van der Waals surface area contributed by atoms with Gasteiger partial charge in [-0.15, -0.1) is 0 Å². The molecule has 148 valence electrons. The number of phenols is 1. The molecule has 0 aromatic heterocycles. The molecule has 3 rings (SSSR count). The van der Waals surface area contributed by atoms with Gasteiger partial charge in [-0.1, -0.05) is 31.4 Å². The third kappa shape index (κ3) is 5.22. The van der Waals surface area contributed by atoms with E-state index in [0.29, 0.717) is 11.7 Å². The van der Waals surface area contributed by atoms with E-state index in [1.807, 2.05) is 6.92 Å². The van der Waals surface area contributed by atoms with Gasteiger partial charge in [-0.25, -0.2) is 0 Å². The number of nitrogens with one attached hydrogen (secondary N) is 2. The summed E-state index contributed by atoms with van der Waals surface area (Å²) in [6.45, 7) is 3.43. The molecule has 2 fully saturated rings. The van der Waals surface area contributed by atoms with Crippen LogP contribution in [-0.2, 0) is 9.59 Å². The molecule has 1 saturated heterocycles. The lowest BCUT2D eigenvalue weighted by Gasteiger charge is -2.35. The molecule has 0 unspecified atom stereocenters. The van der Waals surface area contributed by atoms with Gasteiger partial charge < -0.3 is 15.7 Å². The minimum absolute atomic E-state index is 0.0598. The molecule has 1 aromatic rings. The Morgan fingerprint density at radius 2 is 1.74 bits per heavy atom. The number of piperidine rings is 1. The van der Waals surface area contributed by atoms with Crippen LogP contribution in [0.3, 0.4) is 0 Å². The normalized spacial score (nSPS) is 20.8. The maximum atomic E-state index is 12.5. The van der Waals surface area contributed by atoms with E-state index >= 15 is 0 Å². The van der Waals surface area contributed by atoms with Crippen molar-refractivity contribution in [2.45, 2.75) is 64.0 Å². The van der Waals surface area contributed by atoms with Crippen LogP contribution in [-0.4, -0.2) is 47.0 Å². The highest BCUT2D eigenvalue weighted by molar-refractivity contribution is 5.94. The van der Waals surface area contributed by atoms with E-state index in [1.165, 1.54) is 19.3 Å². The lowest BCUT2D eigenvalue weighted by atomic mass is 9.94. The number of rotatable bonds is 5. The third-order valence-corrected chi connectivity index (χ3v) is 5.94. The van der Waals surface area contributed by atoms with Crippen molar-refractivity contribution in [3.05, 3.63) is 24.3 Å². The van der Waals surface area contributed by atoms with Crippen LogP contribution >= 0.6 is 0 Å². The summed E-state index contributed by atoms with van der Waals surface area (Å²) in [4.78, 5) is 27.2. The van der Waals surface area contributed by atoms with E-state index in [0.717, 1.165) is 38.8 Å². The Balaban J connectivity index is 1.45. The van der Waals surface area contributed by atoms with Gasteiger partial charge in [0.05, 0.1) is 11.7 Å². The lowest BCUT2D eigenvalue weighted by molar-refractivity contribution is -0.128. The SMILES string of the molecule is C[C@H](C(=O)NC1CCCCC1)N1CCC(C(=O)Nc2ccccc2O)CC1. The molecular formula is C21H31N3O3. The predicted molar refractivity (Wildman–Crippen MR) is 106 cm³/mol. The van der Waals surface area contributed by atoms with E-state index in [2.05, 4.69) is 15.5 Å². The highest BCUT2D eigenvalue weighted by atomic mass is 16.3. The Kier molecular flexibility index (Phi) is 6.72. The second kappa shape index (κ2) is 9.22. The van der Waals surface area contributed by atoms with Crippen molar-refractivity contribution in [2.24, 2.45) is 5.92 Å². The van der Waals surface area contributed by atoms with Crippen molar-refractivity contribution in [3.63, 3.8) is 0 Å². The first-order valence-electron chi connectivity index (χ1n) is 10.2. The number of nitrogens with zero attached hydrogens (tertiary/aromatic N) is 1. The number of amides is 2. The molecule has 3 N–H and O–H groups in total. The average molecular weight is 373 g/mol. The molecule has 0 bridgehead atoms. The Morgan fingerprint density at radius 3 is 2.41 bits per heavy atom. The summed E-state index contributed by atoms with van der Waals surface area (Å²) in [5.41, 5.74) is 0.449. The van der Waals surface area contributed by atoms with Gasteiger partial charge in [-0.2, -0.15) is 0 Å². The van der Waals surface area contributed by atoms with Crippen molar-refractivity contribution < 1.29 is 14.7 Å². The number of phenolic OH excluding ortho intramolecular Hbond substituents is 1. The van der Waals surface area contributed by atoms with Gasteiger partial charge in [-0.05, 0) is 57.8 Å². The number of anilines is 1. The van der Waals surface area contributed by atoms with Crippen molar-refractivity contribution in [1.82, 2.24) is 10.2 Å². The molecule has 0 radical (unpaired) electrons. The van der Waals surface area contributed by atoms with E-state index in [4.69, 9.17) is 0 Å². The molecule has 1 saturated carbocycles. The van der Waals surface area contributed by atoms with Gasteiger partial charge in [0.25, 0.3) is 0 Å². The number of hydrogen-bond donors (Lipinski definition) is 3. The van der Waals surface area contributed by atoms with Gasteiger partial charge in [0, 0.05) is 12.0 Å². The number of aromatic hydroxyl groups is 1. The first-order valence-corrected chi connectivity index (χ1v) is 10.2. The molecule has 6 nitrogen and oxygen atoms in total. The summed E-state index contributed by atoms with van der Waals surface area (Å²) >= 11 is 0. The second-order valence-electron chi connectivity index (χ2n) is 7.84. The molecule has 2 aliphatic rings. The quantitative estimate of drug-likeness (QED) is 0.693. The summed E-state index contributed by atoms with van der Waals surface area (Å²) in [6.07, 6.45) is 7.31. The zero-order chi connectivity index (χ0) is 19.2. The molecule has 1 heterocycles. The van der Waals surface area contributed by atoms with Crippen molar-refractivity contribution in [1.29, 1.82) is 0 Å².